The van der Waals surface area contributed by atoms with Crippen molar-refractivity contribution in [3.05, 3.63) is 54.1 Å². The maximum atomic E-state index is 5.30. The molecule has 0 radical (unpaired) electrons. The summed E-state index contributed by atoms with van der Waals surface area (Å²) in [7, 11) is 3.35. The first kappa shape index (κ1) is 13.8. The summed E-state index contributed by atoms with van der Waals surface area (Å²) in [6, 6.07) is 17.2. The van der Waals surface area contributed by atoms with E-state index in [2.05, 4.69) is 35.6 Å². The molecular weight excluding hydrogens is 262 g/mol. The number of benzene rings is 2. The molecule has 0 aliphatic heterocycles. The second kappa shape index (κ2) is 6.08. The molecule has 0 aromatic heterocycles. The molecule has 0 heterocycles. The third kappa shape index (κ3) is 3.13. The number of rotatable bonds is 5. The van der Waals surface area contributed by atoms with E-state index in [9.17, 15) is 0 Å². The third-order valence-corrected chi connectivity index (χ3v) is 4.13. The van der Waals surface area contributed by atoms with Gasteiger partial charge in [0.15, 0.2) is 0 Å². The lowest BCUT2D eigenvalue weighted by Crippen LogP contribution is -2.33. The first-order valence-electron chi connectivity index (χ1n) is 7.33. The predicted molar refractivity (Wildman–Crippen MR) is 85.4 cm³/mol. The highest BCUT2D eigenvalue weighted by molar-refractivity contribution is 5.54. The van der Waals surface area contributed by atoms with Gasteiger partial charge in [-0.1, -0.05) is 30.3 Å². The number of nitrogens with one attached hydrogen (secondary N) is 1. The van der Waals surface area contributed by atoms with Gasteiger partial charge in [-0.3, -0.25) is 0 Å². The van der Waals surface area contributed by atoms with Crippen molar-refractivity contribution in [3.63, 3.8) is 0 Å². The lowest BCUT2D eigenvalue weighted by Gasteiger charge is -2.37. The molecule has 0 amide bonds. The van der Waals surface area contributed by atoms with Crippen LogP contribution in [0.1, 0.15) is 24.3 Å². The van der Waals surface area contributed by atoms with E-state index >= 15 is 0 Å². The van der Waals surface area contributed by atoms with E-state index in [1.807, 2.05) is 18.2 Å². The van der Waals surface area contributed by atoms with Crippen molar-refractivity contribution in [1.29, 1.82) is 0 Å². The maximum absolute atomic E-state index is 5.30. The number of methoxy groups -OCH3 is 2. The molecule has 1 aliphatic rings. The fourth-order valence-electron chi connectivity index (χ4n) is 2.86. The lowest BCUT2D eigenvalue weighted by atomic mass is 9.76. The van der Waals surface area contributed by atoms with Gasteiger partial charge in [-0.2, -0.15) is 0 Å². The summed E-state index contributed by atoms with van der Waals surface area (Å²) < 4.78 is 10.6. The SMILES string of the molecule is COc1cc(NC2CC(c3ccccc3)C2)cc(OC)c1. The van der Waals surface area contributed by atoms with E-state index in [0.717, 1.165) is 17.2 Å². The molecule has 3 rings (SSSR count). The average Bonchev–Trinajstić information content (AvgIpc) is 2.50. The topological polar surface area (TPSA) is 30.5 Å². The molecule has 110 valence electrons. The van der Waals surface area contributed by atoms with Gasteiger partial charge in [-0.25, -0.2) is 0 Å². The lowest BCUT2D eigenvalue weighted by molar-refractivity contribution is 0.372. The van der Waals surface area contributed by atoms with Gasteiger partial charge in [0.2, 0.25) is 0 Å². The Balaban J connectivity index is 1.62. The first-order valence-corrected chi connectivity index (χ1v) is 7.33. The highest BCUT2D eigenvalue weighted by atomic mass is 16.5. The largest absolute Gasteiger partial charge is 0.497 e. The van der Waals surface area contributed by atoms with Crippen molar-refractivity contribution < 1.29 is 9.47 Å². The summed E-state index contributed by atoms with van der Waals surface area (Å²) in [6.45, 7) is 0. The molecule has 0 unspecified atom stereocenters. The van der Waals surface area contributed by atoms with Gasteiger partial charge in [0, 0.05) is 29.9 Å². The van der Waals surface area contributed by atoms with Crippen molar-refractivity contribution in [3.8, 4) is 11.5 Å². The minimum atomic E-state index is 0.520. The van der Waals surface area contributed by atoms with Crippen molar-refractivity contribution >= 4 is 5.69 Å². The standard InChI is InChI=1S/C18H21NO2/c1-20-17-10-16(11-18(12-17)21-2)19-15-8-14(9-15)13-6-4-3-5-7-13/h3-7,10-12,14-15,19H,8-9H2,1-2H3. The summed E-state index contributed by atoms with van der Waals surface area (Å²) in [5.41, 5.74) is 2.50. The molecule has 3 heteroatoms. The van der Waals surface area contributed by atoms with E-state index in [1.165, 1.54) is 18.4 Å². The van der Waals surface area contributed by atoms with Crippen molar-refractivity contribution in [2.75, 3.05) is 19.5 Å². The molecule has 0 bridgehead atoms. The smallest absolute Gasteiger partial charge is 0.124 e. The molecule has 2 aromatic carbocycles. The highest BCUT2D eigenvalue weighted by Crippen LogP contribution is 2.39. The van der Waals surface area contributed by atoms with Gasteiger partial charge in [-0.05, 0) is 24.3 Å². The van der Waals surface area contributed by atoms with Gasteiger partial charge in [0.1, 0.15) is 11.5 Å². The third-order valence-electron chi connectivity index (χ3n) is 4.13. The summed E-state index contributed by atoms with van der Waals surface area (Å²) in [5, 5.41) is 3.57. The van der Waals surface area contributed by atoms with Crippen LogP contribution in [0.2, 0.25) is 0 Å². The minimum Gasteiger partial charge on any atom is -0.497 e. The summed E-state index contributed by atoms with van der Waals surface area (Å²) in [4.78, 5) is 0. The van der Waals surface area contributed by atoms with E-state index in [-0.39, 0.29) is 0 Å². The Kier molecular flexibility index (Phi) is 4.00. The molecule has 0 atom stereocenters. The summed E-state index contributed by atoms with van der Waals surface area (Å²) >= 11 is 0. The van der Waals surface area contributed by atoms with Crippen molar-refractivity contribution in [2.24, 2.45) is 0 Å². The van der Waals surface area contributed by atoms with Crippen molar-refractivity contribution in [1.82, 2.24) is 0 Å². The number of anilines is 1. The zero-order chi connectivity index (χ0) is 14.7. The maximum Gasteiger partial charge on any atom is 0.124 e. The molecule has 1 N–H and O–H groups in total. The molecular formula is C18H21NO2. The van der Waals surface area contributed by atoms with Crippen LogP contribution >= 0.6 is 0 Å². The van der Waals surface area contributed by atoms with Gasteiger partial charge >= 0.3 is 0 Å². The van der Waals surface area contributed by atoms with Gasteiger partial charge in [0.25, 0.3) is 0 Å². The van der Waals surface area contributed by atoms with Crippen LogP contribution in [-0.2, 0) is 0 Å². The average molecular weight is 283 g/mol. The fourth-order valence-corrected chi connectivity index (χ4v) is 2.86. The molecule has 1 aliphatic carbocycles. The molecule has 2 aromatic rings. The fraction of sp³-hybridized carbons (Fsp3) is 0.333. The highest BCUT2D eigenvalue weighted by Gasteiger charge is 2.30. The molecule has 21 heavy (non-hydrogen) atoms. The Morgan fingerprint density at radius 1 is 0.905 bits per heavy atom. The molecule has 1 saturated carbocycles. The normalized spacial score (nSPS) is 20.5. The van der Waals surface area contributed by atoms with Gasteiger partial charge < -0.3 is 14.8 Å². The molecule has 0 spiro atoms. The number of hydrogen-bond donors (Lipinski definition) is 1. The number of hydrogen-bond acceptors (Lipinski definition) is 3. The summed E-state index contributed by atoms with van der Waals surface area (Å²) in [5.74, 6) is 2.31. The second-order valence-corrected chi connectivity index (χ2v) is 5.52. The Bertz CT molecular complexity index is 569. The van der Waals surface area contributed by atoms with Crippen LogP contribution in [0.5, 0.6) is 11.5 Å². The molecule has 0 saturated heterocycles. The first-order chi connectivity index (χ1) is 10.3. The Labute approximate surface area is 125 Å². The van der Waals surface area contributed by atoms with Crippen LogP contribution in [0.3, 0.4) is 0 Å². The van der Waals surface area contributed by atoms with Crippen LogP contribution in [-0.4, -0.2) is 20.3 Å². The van der Waals surface area contributed by atoms with Crippen LogP contribution in [0.15, 0.2) is 48.5 Å². The van der Waals surface area contributed by atoms with E-state index in [4.69, 9.17) is 9.47 Å². The summed E-state index contributed by atoms with van der Waals surface area (Å²) in [6.07, 6.45) is 2.34. The van der Waals surface area contributed by atoms with Crippen LogP contribution in [0.4, 0.5) is 5.69 Å². The Morgan fingerprint density at radius 2 is 1.52 bits per heavy atom. The Hall–Kier alpha value is -2.16. The second-order valence-electron chi connectivity index (χ2n) is 5.52. The zero-order valence-corrected chi connectivity index (χ0v) is 12.5. The van der Waals surface area contributed by atoms with Gasteiger partial charge in [-0.15, -0.1) is 0 Å². The van der Waals surface area contributed by atoms with E-state index in [1.54, 1.807) is 14.2 Å². The van der Waals surface area contributed by atoms with Crippen LogP contribution < -0.4 is 14.8 Å². The van der Waals surface area contributed by atoms with E-state index in [0.29, 0.717) is 12.0 Å². The van der Waals surface area contributed by atoms with Crippen LogP contribution in [0, 0.1) is 0 Å². The quantitative estimate of drug-likeness (QED) is 0.897. The van der Waals surface area contributed by atoms with Crippen LogP contribution in [0.25, 0.3) is 0 Å². The molecule has 1 fully saturated rings. The van der Waals surface area contributed by atoms with Gasteiger partial charge in [0.05, 0.1) is 14.2 Å². The minimum absolute atomic E-state index is 0.520. The predicted octanol–water partition coefficient (Wildman–Crippen LogP) is 4.06. The zero-order valence-electron chi connectivity index (χ0n) is 12.5. The van der Waals surface area contributed by atoms with E-state index < -0.39 is 0 Å². The van der Waals surface area contributed by atoms with Crippen molar-refractivity contribution in [2.45, 2.75) is 24.8 Å². The monoisotopic (exact) mass is 283 g/mol. The number of ether oxygens (including phenoxy) is 2. The Morgan fingerprint density at radius 3 is 2.10 bits per heavy atom. The molecule has 3 nitrogen and oxygen atoms in total.